The average Bonchev–Trinajstić information content (AvgIpc) is 2.70. The lowest BCUT2D eigenvalue weighted by atomic mass is 10.1. The van der Waals surface area contributed by atoms with Gasteiger partial charge in [-0.05, 0) is 27.2 Å². The standard InChI is InChI=1S/C13H25N5O/c1-9(2)11-16-10(19-18-11)7-6-8-15-12(14)17-13(3,4)5/h9H,6-8H2,1-5H3,(H3,14,15,17). The predicted molar refractivity (Wildman–Crippen MR) is 76.1 cm³/mol. The largest absolute Gasteiger partial charge is 0.370 e. The van der Waals surface area contributed by atoms with Gasteiger partial charge in [-0.15, -0.1) is 0 Å². The third kappa shape index (κ3) is 6.22. The van der Waals surface area contributed by atoms with E-state index in [9.17, 15) is 0 Å². The number of guanidine groups is 1. The molecule has 0 unspecified atom stereocenters. The molecule has 0 saturated carbocycles. The summed E-state index contributed by atoms with van der Waals surface area (Å²) in [5.74, 6) is 2.19. The molecular weight excluding hydrogens is 242 g/mol. The van der Waals surface area contributed by atoms with Crippen molar-refractivity contribution >= 4 is 5.96 Å². The Morgan fingerprint density at radius 3 is 2.63 bits per heavy atom. The van der Waals surface area contributed by atoms with Crippen LogP contribution in [0.4, 0.5) is 0 Å². The van der Waals surface area contributed by atoms with E-state index in [1.807, 2.05) is 34.6 Å². The van der Waals surface area contributed by atoms with E-state index in [4.69, 9.17) is 10.3 Å². The molecule has 0 aliphatic carbocycles. The molecule has 6 heteroatoms. The molecule has 1 heterocycles. The van der Waals surface area contributed by atoms with Crippen LogP contribution < -0.4 is 11.1 Å². The number of nitrogens with two attached hydrogens (primary N) is 1. The van der Waals surface area contributed by atoms with E-state index in [1.54, 1.807) is 0 Å². The molecule has 6 nitrogen and oxygen atoms in total. The van der Waals surface area contributed by atoms with Gasteiger partial charge < -0.3 is 15.6 Å². The Morgan fingerprint density at radius 1 is 1.42 bits per heavy atom. The maximum absolute atomic E-state index is 5.77. The van der Waals surface area contributed by atoms with Gasteiger partial charge in [0.25, 0.3) is 0 Å². The van der Waals surface area contributed by atoms with Crippen molar-refractivity contribution in [2.75, 3.05) is 6.54 Å². The number of aryl methyl sites for hydroxylation is 1. The molecular formula is C13H25N5O. The highest BCUT2D eigenvalue weighted by molar-refractivity contribution is 5.78. The second-order valence-electron chi connectivity index (χ2n) is 5.95. The summed E-state index contributed by atoms with van der Waals surface area (Å²) >= 11 is 0. The van der Waals surface area contributed by atoms with Gasteiger partial charge in [0.05, 0.1) is 0 Å². The number of nitrogens with zero attached hydrogens (tertiary/aromatic N) is 3. The number of hydrogen-bond acceptors (Lipinski definition) is 4. The molecule has 1 aromatic rings. The Morgan fingerprint density at radius 2 is 2.11 bits per heavy atom. The molecule has 108 valence electrons. The Hall–Kier alpha value is -1.59. The Balaban J connectivity index is 2.32. The molecule has 0 radical (unpaired) electrons. The molecule has 0 saturated heterocycles. The predicted octanol–water partition coefficient (Wildman–Crippen LogP) is 1.83. The van der Waals surface area contributed by atoms with E-state index < -0.39 is 0 Å². The van der Waals surface area contributed by atoms with Crippen molar-refractivity contribution in [3.05, 3.63) is 11.7 Å². The molecule has 0 aromatic carbocycles. The number of aromatic nitrogens is 2. The summed E-state index contributed by atoms with van der Waals surface area (Å²) in [5, 5.41) is 7.03. The van der Waals surface area contributed by atoms with Gasteiger partial charge in [0.15, 0.2) is 11.8 Å². The topological polar surface area (TPSA) is 89.3 Å². The van der Waals surface area contributed by atoms with Crippen molar-refractivity contribution in [2.24, 2.45) is 10.7 Å². The first-order valence-corrected chi connectivity index (χ1v) is 6.68. The molecule has 19 heavy (non-hydrogen) atoms. The lowest BCUT2D eigenvalue weighted by Crippen LogP contribution is -2.45. The number of rotatable bonds is 5. The summed E-state index contributed by atoms with van der Waals surface area (Å²) in [6.07, 6.45) is 1.57. The minimum atomic E-state index is -0.0633. The van der Waals surface area contributed by atoms with Gasteiger partial charge in [0.1, 0.15) is 0 Å². The van der Waals surface area contributed by atoms with Gasteiger partial charge in [-0.2, -0.15) is 4.98 Å². The summed E-state index contributed by atoms with van der Waals surface area (Å²) in [7, 11) is 0. The number of nitrogens with one attached hydrogen (secondary N) is 1. The van der Waals surface area contributed by atoms with Crippen molar-refractivity contribution in [2.45, 2.75) is 58.9 Å². The van der Waals surface area contributed by atoms with Crippen molar-refractivity contribution in [3.63, 3.8) is 0 Å². The van der Waals surface area contributed by atoms with Crippen molar-refractivity contribution in [3.8, 4) is 0 Å². The summed E-state index contributed by atoms with van der Waals surface area (Å²) < 4.78 is 5.16. The fraction of sp³-hybridized carbons (Fsp3) is 0.769. The lowest BCUT2D eigenvalue weighted by molar-refractivity contribution is 0.369. The first kappa shape index (κ1) is 15.5. The quantitative estimate of drug-likeness (QED) is 0.482. The Labute approximate surface area is 114 Å². The maximum Gasteiger partial charge on any atom is 0.226 e. The summed E-state index contributed by atoms with van der Waals surface area (Å²) in [5.41, 5.74) is 5.71. The van der Waals surface area contributed by atoms with Gasteiger partial charge in [-0.1, -0.05) is 19.0 Å². The van der Waals surface area contributed by atoms with Gasteiger partial charge >= 0.3 is 0 Å². The van der Waals surface area contributed by atoms with Crippen LogP contribution in [0.5, 0.6) is 0 Å². The average molecular weight is 267 g/mol. The maximum atomic E-state index is 5.77. The smallest absolute Gasteiger partial charge is 0.226 e. The normalized spacial score (nSPS) is 13.1. The zero-order valence-corrected chi connectivity index (χ0v) is 12.5. The first-order chi connectivity index (χ1) is 8.78. The van der Waals surface area contributed by atoms with Crippen LogP contribution in [-0.4, -0.2) is 28.2 Å². The van der Waals surface area contributed by atoms with Crippen LogP contribution in [0.25, 0.3) is 0 Å². The monoisotopic (exact) mass is 267 g/mol. The van der Waals surface area contributed by atoms with Crippen LogP contribution in [0.2, 0.25) is 0 Å². The third-order valence-corrected chi connectivity index (χ3v) is 2.33. The summed E-state index contributed by atoms with van der Waals surface area (Å²) in [6.45, 7) is 10.9. The van der Waals surface area contributed by atoms with Crippen LogP contribution in [0, 0.1) is 0 Å². The first-order valence-electron chi connectivity index (χ1n) is 6.68. The second kappa shape index (κ2) is 6.54. The summed E-state index contributed by atoms with van der Waals surface area (Å²) in [6, 6.07) is 0. The highest BCUT2D eigenvalue weighted by Crippen LogP contribution is 2.10. The van der Waals surface area contributed by atoms with Crippen LogP contribution in [0.3, 0.4) is 0 Å². The fourth-order valence-corrected chi connectivity index (χ4v) is 1.46. The fourth-order valence-electron chi connectivity index (χ4n) is 1.46. The van der Waals surface area contributed by atoms with Crippen molar-refractivity contribution in [1.82, 2.24) is 15.5 Å². The van der Waals surface area contributed by atoms with E-state index >= 15 is 0 Å². The van der Waals surface area contributed by atoms with Crippen LogP contribution in [0.1, 0.15) is 58.7 Å². The minimum Gasteiger partial charge on any atom is -0.370 e. The summed E-state index contributed by atoms with van der Waals surface area (Å²) in [4.78, 5) is 8.57. The Bertz CT molecular complexity index is 417. The molecule has 0 atom stereocenters. The highest BCUT2D eigenvalue weighted by atomic mass is 16.5. The molecule has 3 N–H and O–H groups in total. The molecule has 1 rings (SSSR count). The minimum absolute atomic E-state index is 0.0633. The molecule has 0 aliphatic rings. The van der Waals surface area contributed by atoms with Crippen molar-refractivity contribution < 1.29 is 4.52 Å². The lowest BCUT2D eigenvalue weighted by Gasteiger charge is -2.20. The molecule has 0 spiro atoms. The molecule has 0 amide bonds. The van der Waals surface area contributed by atoms with E-state index in [0.29, 0.717) is 24.3 Å². The molecule has 0 fully saturated rings. The van der Waals surface area contributed by atoms with Gasteiger partial charge in [-0.3, -0.25) is 4.99 Å². The van der Waals surface area contributed by atoms with E-state index in [1.165, 1.54) is 0 Å². The SMILES string of the molecule is CC(C)c1noc(CCCN=C(N)NC(C)(C)C)n1. The Kier molecular flexibility index (Phi) is 5.32. The number of hydrogen-bond donors (Lipinski definition) is 2. The van der Waals surface area contributed by atoms with E-state index in [-0.39, 0.29) is 5.54 Å². The van der Waals surface area contributed by atoms with E-state index in [0.717, 1.165) is 18.7 Å². The zero-order chi connectivity index (χ0) is 14.5. The van der Waals surface area contributed by atoms with E-state index in [2.05, 4.69) is 20.4 Å². The zero-order valence-electron chi connectivity index (χ0n) is 12.5. The molecule has 1 aromatic heterocycles. The number of aliphatic imine (C=N–C) groups is 1. The van der Waals surface area contributed by atoms with Crippen LogP contribution in [0.15, 0.2) is 9.52 Å². The van der Waals surface area contributed by atoms with Gasteiger partial charge in [-0.25, -0.2) is 0 Å². The molecule has 0 aliphatic heterocycles. The van der Waals surface area contributed by atoms with Crippen molar-refractivity contribution in [1.29, 1.82) is 0 Å². The molecule has 0 bridgehead atoms. The second-order valence-corrected chi connectivity index (χ2v) is 5.95. The van der Waals surface area contributed by atoms with Crippen LogP contribution in [-0.2, 0) is 6.42 Å². The highest BCUT2D eigenvalue weighted by Gasteiger charge is 2.10. The van der Waals surface area contributed by atoms with Gasteiger partial charge in [0.2, 0.25) is 5.89 Å². The van der Waals surface area contributed by atoms with Crippen LogP contribution >= 0.6 is 0 Å². The third-order valence-electron chi connectivity index (χ3n) is 2.33. The van der Waals surface area contributed by atoms with Gasteiger partial charge in [0, 0.05) is 24.4 Å².